The summed E-state index contributed by atoms with van der Waals surface area (Å²) in [5, 5.41) is 17.0. The zero-order valence-electron chi connectivity index (χ0n) is 11.8. The lowest BCUT2D eigenvalue weighted by molar-refractivity contribution is -0.383. The van der Waals surface area contributed by atoms with E-state index >= 15 is 0 Å². The van der Waals surface area contributed by atoms with Gasteiger partial charge in [-0.1, -0.05) is 13.0 Å². The number of nitro benzene ring substituents is 1. The van der Waals surface area contributed by atoms with Crippen molar-refractivity contribution in [3.8, 4) is 0 Å². The van der Waals surface area contributed by atoms with E-state index in [9.17, 15) is 14.9 Å². The molecule has 0 aliphatic heterocycles. The first-order chi connectivity index (χ1) is 9.51. The van der Waals surface area contributed by atoms with E-state index in [1.807, 2.05) is 6.92 Å². The van der Waals surface area contributed by atoms with Gasteiger partial charge in [0.2, 0.25) is 0 Å². The van der Waals surface area contributed by atoms with Crippen LogP contribution in [0.4, 0.5) is 17.1 Å². The summed E-state index contributed by atoms with van der Waals surface area (Å²) in [7, 11) is 1.27. The van der Waals surface area contributed by atoms with Crippen molar-refractivity contribution >= 4 is 23.0 Å². The van der Waals surface area contributed by atoms with Crippen LogP contribution in [0.5, 0.6) is 0 Å². The average Bonchev–Trinajstić information content (AvgIpc) is 2.43. The van der Waals surface area contributed by atoms with Crippen molar-refractivity contribution in [1.29, 1.82) is 0 Å². The quantitative estimate of drug-likeness (QED) is 0.453. The average molecular weight is 281 g/mol. The summed E-state index contributed by atoms with van der Waals surface area (Å²) in [5.41, 5.74) is 0.643. The Morgan fingerprint density at radius 3 is 2.65 bits per heavy atom. The van der Waals surface area contributed by atoms with E-state index in [1.54, 1.807) is 25.1 Å². The number of para-hydroxylation sites is 1. The third kappa shape index (κ3) is 3.84. The summed E-state index contributed by atoms with van der Waals surface area (Å²) in [6, 6.07) is 4.23. The molecule has 0 aromatic heterocycles. The van der Waals surface area contributed by atoms with Crippen molar-refractivity contribution in [2.75, 3.05) is 24.3 Å². The number of ether oxygens (including phenoxy) is 1. The number of benzene rings is 1. The summed E-state index contributed by atoms with van der Waals surface area (Å²) < 4.78 is 4.59. The van der Waals surface area contributed by atoms with Crippen LogP contribution in [0.3, 0.4) is 0 Å². The number of anilines is 2. The fourth-order valence-corrected chi connectivity index (χ4v) is 1.73. The lowest BCUT2D eigenvalue weighted by atomic mass is 10.2. The monoisotopic (exact) mass is 281 g/mol. The van der Waals surface area contributed by atoms with Crippen molar-refractivity contribution in [3.05, 3.63) is 28.3 Å². The van der Waals surface area contributed by atoms with E-state index in [1.165, 1.54) is 7.11 Å². The topological polar surface area (TPSA) is 93.5 Å². The van der Waals surface area contributed by atoms with E-state index in [4.69, 9.17) is 0 Å². The van der Waals surface area contributed by atoms with Gasteiger partial charge < -0.3 is 15.4 Å². The molecule has 0 aliphatic carbocycles. The van der Waals surface area contributed by atoms with Crippen LogP contribution in [0.1, 0.15) is 20.3 Å². The second kappa shape index (κ2) is 7.32. The molecule has 1 aromatic rings. The number of carbonyl (C=O) groups is 1. The Morgan fingerprint density at radius 1 is 1.45 bits per heavy atom. The highest BCUT2D eigenvalue weighted by Crippen LogP contribution is 2.33. The molecule has 1 atom stereocenters. The highest BCUT2D eigenvalue weighted by molar-refractivity contribution is 5.83. The molecule has 0 spiro atoms. The largest absolute Gasteiger partial charge is 0.467 e. The van der Waals surface area contributed by atoms with Crippen LogP contribution < -0.4 is 10.6 Å². The minimum absolute atomic E-state index is 0.0725. The smallest absolute Gasteiger partial charge is 0.327 e. The van der Waals surface area contributed by atoms with Crippen LogP contribution in [0.2, 0.25) is 0 Å². The number of nitro groups is 1. The zero-order chi connectivity index (χ0) is 15.1. The Kier molecular flexibility index (Phi) is 5.76. The molecule has 1 unspecified atom stereocenters. The highest BCUT2D eigenvalue weighted by atomic mass is 16.6. The zero-order valence-corrected chi connectivity index (χ0v) is 11.8. The third-order valence-corrected chi connectivity index (χ3v) is 2.71. The van der Waals surface area contributed by atoms with Gasteiger partial charge in [0, 0.05) is 6.54 Å². The molecule has 7 nitrogen and oxygen atoms in total. The minimum Gasteiger partial charge on any atom is -0.467 e. The maximum absolute atomic E-state index is 11.4. The maximum atomic E-state index is 11.4. The molecule has 1 rings (SSSR count). The third-order valence-electron chi connectivity index (χ3n) is 2.71. The van der Waals surface area contributed by atoms with Crippen LogP contribution in [0.25, 0.3) is 0 Å². The minimum atomic E-state index is -0.667. The molecular weight excluding hydrogens is 262 g/mol. The maximum Gasteiger partial charge on any atom is 0.327 e. The van der Waals surface area contributed by atoms with E-state index < -0.39 is 16.9 Å². The van der Waals surface area contributed by atoms with Gasteiger partial charge in [0.1, 0.15) is 17.4 Å². The van der Waals surface area contributed by atoms with Crippen LogP contribution in [0, 0.1) is 10.1 Å². The molecule has 0 saturated carbocycles. The molecule has 0 heterocycles. The van der Waals surface area contributed by atoms with E-state index in [2.05, 4.69) is 15.4 Å². The first-order valence-corrected chi connectivity index (χ1v) is 6.36. The standard InChI is InChI=1S/C13H19N3O4/c1-4-8-14-10-6-5-7-11(12(10)16(18)19)15-9(2)13(17)20-3/h5-7,9,14-15H,4,8H2,1-3H3. The Bertz CT molecular complexity index is 491. The normalized spacial score (nSPS) is 11.6. The fourth-order valence-electron chi connectivity index (χ4n) is 1.73. The van der Waals surface area contributed by atoms with E-state index in [0.29, 0.717) is 12.2 Å². The van der Waals surface area contributed by atoms with Gasteiger partial charge >= 0.3 is 11.7 Å². The summed E-state index contributed by atoms with van der Waals surface area (Å²) in [5.74, 6) is -0.480. The molecule has 1 aromatic carbocycles. The molecule has 7 heteroatoms. The van der Waals surface area contributed by atoms with Gasteiger partial charge in [0.05, 0.1) is 12.0 Å². The Labute approximate surface area is 117 Å². The van der Waals surface area contributed by atoms with Crippen molar-refractivity contribution in [3.63, 3.8) is 0 Å². The van der Waals surface area contributed by atoms with Gasteiger partial charge in [0.15, 0.2) is 0 Å². The number of rotatable bonds is 7. The van der Waals surface area contributed by atoms with Crippen LogP contribution >= 0.6 is 0 Å². The highest BCUT2D eigenvalue weighted by Gasteiger charge is 2.22. The molecule has 20 heavy (non-hydrogen) atoms. The van der Waals surface area contributed by atoms with Gasteiger partial charge in [-0.2, -0.15) is 0 Å². The summed E-state index contributed by atoms with van der Waals surface area (Å²) in [6.07, 6.45) is 0.855. The van der Waals surface area contributed by atoms with Crippen LogP contribution in [-0.4, -0.2) is 30.6 Å². The first-order valence-electron chi connectivity index (χ1n) is 6.36. The van der Waals surface area contributed by atoms with Crippen molar-refractivity contribution in [2.45, 2.75) is 26.3 Å². The van der Waals surface area contributed by atoms with Crippen LogP contribution in [-0.2, 0) is 9.53 Å². The summed E-state index contributed by atoms with van der Waals surface area (Å²) in [4.78, 5) is 22.2. The van der Waals surface area contributed by atoms with Crippen molar-refractivity contribution in [2.24, 2.45) is 0 Å². The Balaban J connectivity index is 3.06. The molecule has 0 saturated heterocycles. The molecule has 0 amide bonds. The Morgan fingerprint density at radius 2 is 2.10 bits per heavy atom. The van der Waals surface area contributed by atoms with E-state index in [-0.39, 0.29) is 11.4 Å². The van der Waals surface area contributed by atoms with E-state index in [0.717, 1.165) is 6.42 Å². The number of esters is 1. The molecule has 2 N–H and O–H groups in total. The van der Waals surface area contributed by atoms with Gasteiger partial charge in [-0.25, -0.2) is 4.79 Å². The van der Waals surface area contributed by atoms with Gasteiger partial charge in [-0.15, -0.1) is 0 Å². The SMILES string of the molecule is CCCNc1cccc(NC(C)C(=O)OC)c1[N+](=O)[O-]. The molecule has 0 fully saturated rings. The van der Waals surface area contributed by atoms with Gasteiger partial charge in [0.25, 0.3) is 0 Å². The molecular formula is C13H19N3O4. The van der Waals surface area contributed by atoms with Crippen LogP contribution in [0.15, 0.2) is 18.2 Å². The lowest BCUT2D eigenvalue weighted by Gasteiger charge is -2.15. The van der Waals surface area contributed by atoms with Gasteiger partial charge in [-0.05, 0) is 25.5 Å². The number of hydrogen-bond donors (Lipinski definition) is 2. The van der Waals surface area contributed by atoms with Crippen molar-refractivity contribution < 1.29 is 14.5 Å². The summed E-state index contributed by atoms with van der Waals surface area (Å²) >= 11 is 0. The number of nitrogens with zero attached hydrogens (tertiary/aromatic N) is 1. The second-order valence-electron chi connectivity index (χ2n) is 4.27. The fraction of sp³-hybridized carbons (Fsp3) is 0.462. The predicted octanol–water partition coefficient (Wildman–Crippen LogP) is 2.39. The summed E-state index contributed by atoms with van der Waals surface area (Å²) in [6.45, 7) is 4.19. The van der Waals surface area contributed by atoms with Crippen molar-refractivity contribution in [1.82, 2.24) is 0 Å². The number of hydrogen-bond acceptors (Lipinski definition) is 6. The number of methoxy groups -OCH3 is 1. The molecule has 0 aliphatic rings. The first kappa shape index (κ1) is 15.7. The van der Waals surface area contributed by atoms with Gasteiger partial charge in [-0.3, -0.25) is 10.1 Å². The second-order valence-corrected chi connectivity index (χ2v) is 4.27. The predicted molar refractivity (Wildman–Crippen MR) is 77.0 cm³/mol. The lowest BCUT2D eigenvalue weighted by Crippen LogP contribution is -2.27. The molecule has 0 bridgehead atoms. The number of nitrogens with one attached hydrogen (secondary N) is 2. The Hall–Kier alpha value is -2.31. The molecule has 110 valence electrons. The molecule has 0 radical (unpaired) electrons. The number of carbonyl (C=O) groups excluding carboxylic acids is 1.